The first-order valence-corrected chi connectivity index (χ1v) is 7.57. The first kappa shape index (κ1) is 15.5. The Morgan fingerprint density at radius 2 is 2.05 bits per heavy atom. The number of hydrogen-bond acceptors (Lipinski definition) is 2. The average Bonchev–Trinajstić information content (AvgIpc) is 2.95. The van der Waals surface area contributed by atoms with Gasteiger partial charge in [-0.05, 0) is 57.0 Å². The van der Waals surface area contributed by atoms with Crippen molar-refractivity contribution in [2.24, 2.45) is 0 Å². The van der Waals surface area contributed by atoms with Crippen molar-refractivity contribution >= 4 is 17.4 Å². The minimum atomic E-state index is -0.484. The van der Waals surface area contributed by atoms with Crippen LogP contribution in [0.4, 0.5) is 4.39 Å². The van der Waals surface area contributed by atoms with Crippen molar-refractivity contribution < 1.29 is 9.18 Å². The molecular weight excluding hydrogens is 277 g/mol. The number of ketones is 1. The number of likely N-dealkylation sites (tertiary alicyclic amines) is 1. The molecule has 0 bridgehead atoms. The van der Waals surface area contributed by atoms with Gasteiger partial charge in [0, 0.05) is 11.4 Å². The highest BCUT2D eigenvalue weighted by Crippen LogP contribution is 2.27. The third-order valence-corrected chi connectivity index (χ3v) is 4.69. The lowest BCUT2D eigenvalue weighted by Crippen LogP contribution is -2.51. The zero-order valence-electron chi connectivity index (χ0n) is 12.1. The van der Waals surface area contributed by atoms with Crippen LogP contribution in [0.3, 0.4) is 0 Å². The van der Waals surface area contributed by atoms with Gasteiger partial charge in [0.2, 0.25) is 0 Å². The molecule has 1 saturated heterocycles. The molecule has 1 fully saturated rings. The highest BCUT2D eigenvalue weighted by atomic mass is 35.5. The minimum absolute atomic E-state index is 0.0862. The highest BCUT2D eigenvalue weighted by molar-refractivity contribution is 6.30. The van der Waals surface area contributed by atoms with E-state index in [2.05, 4.69) is 4.90 Å². The lowest BCUT2D eigenvalue weighted by molar-refractivity contribution is -0.129. The van der Waals surface area contributed by atoms with Gasteiger partial charge in [0.05, 0.1) is 5.54 Å². The van der Waals surface area contributed by atoms with E-state index in [1.165, 1.54) is 6.07 Å². The summed E-state index contributed by atoms with van der Waals surface area (Å²) in [4.78, 5) is 14.9. The van der Waals surface area contributed by atoms with Crippen molar-refractivity contribution in [2.75, 3.05) is 13.1 Å². The third-order valence-electron chi connectivity index (χ3n) is 4.46. The molecule has 2 nitrogen and oxygen atoms in total. The van der Waals surface area contributed by atoms with Crippen LogP contribution in [0, 0.1) is 5.82 Å². The lowest BCUT2D eigenvalue weighted by atomic mass is 9.87. The average molecular weight is 298 g/mol. The van der Waals surface area contributed by atoms with E-state index < -0.39 is 11.4 Å². The monoisotopic (exact) mass is 297 g/mol. The van der Waals surface area contributed by atoms with E-state index in [1.807, 2.05) is 13.8 Å². The van der Waals surface area contributed by atoms with Crippen molar-refractivity contribution in [3.8, 4) is 0 Å². The zero-order chi connectivity index (χ0) is 14.8. The van der Waals surface area contributed by atoms with Gasteiger partial charge in [0.25, 0.3) is 0 Å². The number of Topliss-reactive ketones (excluding diaryl/α,β-unsaturated/α-hetero) is 1. The van der Waals surface area contributed by atoms with Crippen LogP contribution < -0.4 is 0 Å². The Labute approximate surface area is 124 Å². The molecule has 1 aromatic carbocycles. The molecular formula is C16H21ClFNO. The summed E-state index contributed by atoms with van der Waals surface area (Å²) in [5.41, 5.74) is -0.0546. The van der Waals surface area contributed by atoms with E-state index in [-0.39, 0.29) is 12.2 Å². The van der Waals surface area contributed by atoms with E-state index in [0.717, 1.165) is 32.4 Å². The van der Waals surface area contributed by atoms with Crippen molar-refractivity contribution in [1.29, 1.82) is 0 Å². The van der Waals surface area contributed by atoms with E-state index in [1.54, 1.807) is 12.1 Å². The van der Waals surface area contributed by atoms with Gasteiger partial charge in [-0.1, -0.05) is 24.6 Å². The van der Waals surface area contributed by atoms with Gasteiger partial charge in [0.1, 0.15) is 5.82 Å². The summed E-state index contributed by atoms with van der Waals surface area (Å²) in [5, 5.41) is 0.358. The van der Waals surface area contributed by atoms with E-state index in [0.29, 0.717) is 10.6 Å². The molecule has 0 saturated carbocycles. The first-order valence-electron chi connectivity index (χ1n) is 7.19. The van der Waals surface area contributed by atoms with Gasteiger partial charge < -0.3 is 0 Å². The van der Waals surface area contributed by atoms with Crippen LogP contribution in [0.25, 0.3) is 0 Å². The molecule has 1 aliphatic rings. The van der Waals surface area contributed by atoms with Crippen LogP contribution in [0.2, 0.25) is 5.02 Å². The molecule has 1 aliphatic heterocycles. The smallest absolute Gasteiger partial charge is 0.157 e. The molecule has 1 atom stereocenters. The maximum absolute atomic E-state index is 13.8. The fourth-order valence-corrected chi connectivity index (χ4v) is 3.00. The number of halogens is 2. The van der Waals surface area contributed by atoms with Crippen molar-refractivity contribution in [1.82, 2.24) is 4.90 Å². The summed E-state index contributed by atoms with van der Waals surface area (Å²) in [7, 11) is 0. The summed E-state index contributed by atoms with van der Waals surface area (Å²) in [6, 6.07) is 4.51. The fourth-order valence-electron chi connectivity index (χ4n) is 2.84. The van der Waals surface area contributed by atoms with E-state index >= 15 is 0 Å². The lowest BCUT2D eigenvalue weighted by Gasteiger charge is -2.36. The second-order valence-corrected chi connectivity index (χ2v) is 6.09. The van der Waals surface area contributed by atoms with Crippen LogP contribution in [0.1, 0.15) is 38.7 Å². The normalized spacial score (nSPS) is 19.0. The number of carbonyl (C=O) groups is 1. The van der Waals surface area contributed by atoms with Gasteiger partial charge in [-0.25, -0.2) is 4.39 Å². The van der Waals surface area contributed by atoms with Crippen LogP contribution in [0.15, 0.2) is 18.2 Å². The second kappa shape index (κ2) is 6.23. The van der Waals surface area contributed by atoms with E-state index in [4.69, 9.17) is 11.6 Å². The van der Waals surface area contributed by atoms with Gasteiger partial charge in [-0.2, -0.15) is 0 Å². The molecule has 1 aromatic rings. The van der Waals surface area contributed by atoms with Gasteiger partial charge in [-0.3, -0.25) is 9.69 Å². The van der Waals surface area contributed by atoms with Crippen molar-refractivity contribution in [3.05, 3.63) is 34.6 Å². The molecule has 1 unspecified atom stereocenters. The Morgan fingerprint density at radius 3 is 2.60 bits per heavy atom. The van der Waals surface area contributed by atoms with Crippen molar-refractivity contribution in [2.45, 2.75) is 45.1 Å². The molecule has 4 heteroatoms. The van der Waals surface area contributed by atoms with Crippen LogP contribution >= 0.6 is 11.6 Å². The van der Waals surface area contributed by atoms with Gasteiger partial charge in [0.15, 0.2) is 5.78 Å². The summed E-state index contributed by atoms with van der Waals surface area (Å²) in [5.74, 6) is -0.311. The summed E-state index contributed by atoms with van der Waals surface area (Å²) in [6.45, 7) is 5.92. The van der Waals surface area contributed by atoms with Crippen LogP contribution in [-0.2, 0) is 11.2 Å². The molecule has 0 radical (unpaired) electrons. The summed E-state index contributed by atoms with van der Waals surface area (Å²) >= 11 is 5.74. The molecule has 0 spiro atoms. The predicted octanol–water partition coefficient (Wildman–Crippen LogP) is 3.86. The topological polar surface area (TPSA) is 20.3 Å². The fraction of sp³-hybridized carbons (Fsp3) is 0.562. The molecule has 0 amide bonds. The predicted molar refractivity (Wildman–Crippen MR) is 79.6 cm³/mol. The van der Waals surface area contributed by atoms with Crippen molar-refractivity contribution in [3.63, 3.8) is 0 Å². The maximum atomic E-state index is 13.8. The molecule has 0 aromatic heterocycles. The SMILES string of the molecule is CCC(C)(C(=O)Cc1ccc(Cl)cc1F)N1CCCC1. The zero-order valence-corrected chi connectivity index (χ0v) is 12.8. The second-order valence-electron chi connectivity index (χ2n) is 5.66. The quantitative estimate of drug-likeness (QED) is 0.822. The highest BCUT2D eigenvalue weighted by Gasteiger charge is 2.38. The number of nitrogens with zero attached hydrogens (tertiary/aromatic N) is 1. The van der Waals surface area contributed by atoms with Gasteiger partial charge >= 0.3 is 0 Å². The number of carbonyl (C=O) groups excluding carboxylic acids is 1. The Hall–Kier alpha value is -0.930. The molecule has 0 aliphatic carbocycles. The molecule has 1 heterocycles. The minimum Gasteiger partial charge on any atom is -0.297 e. The third kappa shape index (κ3) is 3.04. The molecule has 110 valence electrons. The summed E-state index contributed by atoms with van der Waals surface area (Å²) < 4.78 is 13.8. The Morgan fingerprint density at radius 1 is 1.40 bits per heavy atom. The van der Waals surface area contributed by atoms with Gasteiger partial charge in [-0.15, -0.1) is 0 Å². The molecule has 0 N–H and O–H groups in total. The first-order chi connectivity index (χ1) is 9.47. The molecule has 2 rings (SSSR count). The van der Waals surface area contributed by atoms with E-state index in [9.17, 15) is 9.18 Å². The van der Waals surface area contributed by atoms with Crippen LogP contribution in [-0.4, -0.2) is 29.3 Å². The molecule has 20 heavy (non-hydrogen) atoms. The number of rotatable bonds is 5. The summed E-state index contributed by atoms with van der Waals surface area (Å²) in [6.07, 6.45) is 3.15. The maximum Gasteiger partial charge on any atom is 0.157 e. The largest absolute Gasteiger partial charge is 0.297 e. The van der Waals surface area contributed by atoms with Crippen LogP contribution in [0.5, 0.6) is 0 Å². The number of hydrogen-bond donors (Lipinski definition) is 0. The number of benzene rings is 1. The Balaban J connectivity index is 2.16. The Kier molecular flexibility index (Phi) is 4.82. The Bertz CT molecular complexity index is 499. The standard InChI is InChI=1S/C16H21ClFNO/c1-3-16(2,19-8-4-5-9-19)15(20)10-12-6-7-13(17)11-14(12)18/h6-7,11H,3-5,8-10H2,1-2H3.